The molecule has 0 aliphatic rings. The largest absolute Gasteiger partial charge is 0.348 e. The molecule has 15 heavy (non-hydrogen) atoms. The summed E-state index contributed by atoms with van der Waals surface area (Å²) in [5, 5.41) is 2.89. The number of carbonyl (C=O) groups is 1. The van der Waals surface area contributed by atoms with E-state index in [9.17, 15) is 4.79 Å². The van der Waals surface area contributed by atoms with Gasteiger partial charge in [0.25, 0.3) is 0 Å². The van der Waals surface area contributed by atoms with Crippen LogP contribution in [0.25, 0.3) is 0 Å². The van der Waals surface area contributed by atoms with Gasteiger partial charge in [-0.05, 0) is 39.3 Å². The van der Waals surface area contributed by atoms with Crippen LogP contribution in [0.1, 0.15) is 35.2 Å². The summed E-state index contributed by atoms with van der Waals surface area (Å²) in [7, 11) is 0. The van der Waals surface area contributed by atoms with Gasteiger partial charge in [0, 0.05) is 9.75 Å². The van der Waals surface area contributed by atoms with Crippen LogP contribution >= 0.6 is 11.3 Å². The van der Waals surface area contributed by atoms with Gasteiger partial charge in [0.1, 0.15) is 0 Å². The molecule has 1 amide bonds. The van der Waals surface area contributed by atoms with E-state index in [1.54, 1.807) is 18.3 Å². The number of nitrogens with two attached hydrogens (primary N) is 1. The molecular weight excluding hydrogens is 208 g/mol. The normalized spacial score (nSPS) is 14.7. The molecular formula is C11H18N2OS. The van der Waals surface area contributed by atoms with Crippen LogP contribution in [0.5, 0.6) is 0 Å². The zero-order chi connectivity index (χ0) is 11.6. The molecule has 3 nitrogen and oxygen atoms in total. The highest BCUT2D eigenvalue weighted by Gasteiger charge is 2.15. The van der Waals surface area contributed by atoms with Crippen molar-refractivity contribution in [2.75, 3.05) is 0 Å². The van der Waals surface area contributed by atoms with Crippen molar-refractivity contribution in [1.82, 2.24) is 5.32 Å². The van der Waals surface area contributed by atoms with Crippen LogP contribution in [-0.4, -0.2) is 11.9 Å². The molecule has 1 unspecified atom stereocenters. The van der Waals surface area contributed by atoms with Crippen LogP contribution in [0.4, 0.5) is 0 Å². The van der Waals surface area contributed by atoms with Gasteiger partial charge in [-0.3, -0.25) is 4.79 Å². The van der Waals surface area contributed by atoms with Gasteiger partial charge >= 0.3 is 0 Å². The Bertz CT molecular complexity index is 357. The number of amides is 1. The van der Waals surface area contributed by atoms with Crippen molar-refractivity contribution in [1.29, 1.82) is 0 Å². The Morgan fingerprint density at radius 2 is 2.07 bits per heavy atom. The van der Waals surface area contributed by atoms with Crippen molar-refractivity contribution in [3.05, 3.63) is 21.4 Å². The Morgan fingerprint density at radius 1 is 1.47 bits per heavy atom. The summed E-state index contributed by atoms with van der Waals surface area (Å²) in [4.78, 5) is 13.9. The van der Waals surface area contributed by atoms with E-state index >= 15 is 0 Å². The number of nitrogens with one attached hydrogen (secondary N) is 1. The molecule has 0 spiro atoms. The molecule has 0 fully saturated rings. The van der Waals surface area contributed by atoms with Crippen molar-refractivity contribution in [2.45, 2.75) is 39.8 Å². The third kappa shape index (κ3) is 3.04. The van der Waals surface area contributed by atoms with E-state index < -0.39 is 6.04 Å². The second-order valence-corrected chi connectivity index (χ2v) is 5.35. The molecule has 0 saturated carbocycles. The summed E-state index contributed by atoms with van der Waals surface area (Å²) in [5.74, 6) is -0.106. The topological polar surface area (TPSA) is 55.1 Å². The fourth-order valence-electron chi connectivity index (χ4n) is 1.50. The Labute approximate surface area is 94.7 Å². The van der Waals surface area contributed by atoms with E-state index in [-0.39, 0.29) is 11.9 Å². The average Bonchev–Trinajstić information content (AvgIpc) is 2.44. The van der Waals surface area contributed by atoms with Gasteiger partial charge in [-0.25, -0.2) is 0 Å². The van der Waals surface area contributed by atoms with E-state index in [2.05, 4.69) is 25.2 Å². The fourth-order valence-corrected chi connectivity index (χ4v) is 2.53. The lowest BCUT2D eigenvalue weighted by Gasteiger charge is -2.15. The first-order valence-corrected chi connectivity index (χ1v) is 5.86. The SMILES string of the molecule is Cc1cc(C(C)NC(=O)[C@H](C)N)c(C)s1. The van der Waals surface area contributed by atoms with Gasteiger partial charge in [-0.15, -0.1) is 11.3 Å². The summed E-state index contributed by atoms with van der Waals surface area (Å²) in [5.41, 5.74) is 6.68. The van der Waals surface area contributed by atoms with Crippen LogP contribution in [0.15, 0.2) is 6.07 Å². The number of aryl methyl sites for hydroxylation is 2. The molecule has 1 rings (SSSR count). The second kappa shape index (κ2) is 4.77. The summed E-state index contributed by atoms with van der Waals surface area (Å²) in [6.45, 7) is 7.81. The van der Waals surface area contributed by atoms with Crippen LogP contribution in [0.3, 0.4) is 0 Å². The molecule has 4 heteroatoms. The Hall–Kier alpha value is -0.870. The van der Waals surface area contributed by atoms with Crippen molar-refractivity contribution >= 4 is 17.2 Å². The maximum Gasteiger partial charge on any atom is 0.237 e. The summed E-state index contributed by atoms with van der Waals surface area (Å²) < 4.78 is 0. The molecule has 0 bridgehead atoms. The van der Waals surface area contributed by atoms with Crippen LogP contribution in [-0.2, 0) is 4.79 Å². The van der Waals surface area contributed by atoms with Gasteiger partial charge in [0.15, 0.2) is 0 Å². The minimum atomic E-state index is -0.451. The first-order chi connectivity index (χ1) is 6.91. The fraction of sp³-hybridized carbons (Fsp3) is 0.545. The van der Waals surface area contributed by atoms with E-state index in [4.69, 9.17) is 5.73 Å². The molecule has 1 aromatic heterocycles. The molecule has 0 aliphatic heterocycles. The zero-order valence-electron chi connectivity index (χ0n) is 9.63. The average molecular weight is 226 g/mol. The molecule has 0 radical (unpaired) electrons. The maximum absolute atomic E-state index is 11.4. The minimum absolute atomic E-state index is 0.0356. The molecule has 84 valence electrons. The molecule has 0 aliphatic carbocycles. The highest BCUT2D eigenvalue weighted by molar-refractivity contribution is 7.12. The Morgan fingerprint density at radius 3 is 2.47 bits per heavy atom. The highest BCUT2D eigenvalue weighted by Crippen LogP contribution is 2.25. The van der Waals surface area contributed by atoms with Crippen LogP contribution in [0, 0.1) is 13.8 Å². The van der Waals surface area contributed by atoms with Crippen LogP contribution in [0.2, 0.25) is 0 Å². The zero-order valence-corrected chi connectivity index (χ0v) is 10.4. The highest BCUT2D eigenvalue weighted by atomic mass is 32.1. The lowest BCUT2D eigenvalue weighted by atomic mass is 10.1. The minimum Gasteiger partial charge on any atom is -0.348 e. The van der Waals surface area contributed by atoms with Crippen molar-refractivity contribution in [2.24, 2.45) is 5.73 Å². The molecule has 3 N–H and O–H groups in total. The van der Waals surface area contributed by atoms with Crippen LogP contribution < -0.4 is 11.1 Å². The first kappa shape index (κ1) is 12.2. The number of thiophene rings is 1. The van der Waals surface area contributed by atoms with Gasteiger partial charge in [-0.1, -0.05) is 0 Å². The summed E-state index contributed by atoms with van der Waals surface area (Å²) >= 11 is 1.75. The van der Waals surface area contributed by atoms with Gasteiger partial charge in [0.05, 0.1) is 12.1 Å². The number of carbonyl (C=O) groups excluding carboxylic acids is 1. The van der Waals surface area contributed by atoms with Gasteiger partial charge in [-0.2, -0.15) is 0 Å². The van der Waals surface area contributed by atoms with Crippen molar-refractivity contribution in [3.63, 3.8) is 0 Å². The number of hydrogen-bond donors (Lipinski definition) is 2. The van der Waals surface area contributed by atoms with Gasteiger partial charge < -0.3 is 11.1 Å². The first-order valence-electron chi connectivity index (χ1n) is 5.04. The molecule has 0 saturated heterocycles. The van der Waals surface area contributed by atoms with E-state index in [0.29, 0.717) is 0 Å². The Kier molecular flexibility index (Phi) is 3.88. The lowest BCUT2D eigenvalue weighted by molar-refractivity contribution is -0.122. The van der Waals surface area contributed by atoms with E-state index in [1.807, 2.05) is 6.92 Å². The third-order valence-electron chi connectivity index (χ3n) is 2.32. The molecule has 1 aromatic rings. The third-order valence-corrected chi connectivity index (χ3v) is 3.30. The summed E-state index contributed by atoms with van der Waals surface area (Å²) in [6, 6.07) is 1.70. The predicted molar refractivity (Wildman–Crippen MR) is 64.0 cm³/mol. The predicted octanol–water partition coefficient (Wildman–Crippen LogP) is 1.89. The standard InChI is InChI=1S/C11H18N2OS/c1-6-5-10(9(4)15-6)8(3)13-11(14)7(2)12/h5,7-8H,12H2,1-4H3,(H,13,14)/t7-,8?/m0/s1. The smallest absolute Gasteiger partial charge is 0.237 e. The quantitative estimate of drug-likeness (QED) is 0.827. The monoisotopic (exact) mass is 226 g/mol. The van der Waals surface area contributed by atoms with Crippen molar-refractivity contribution in [3.8, 4) is 0 Å². The number of rotatable bonds is 3. The molecule has 2 atom stereocenters. The Balaban J connectivity index is 2.73. The molecule has 1 heterocycles. The van der Waals surface area contributed by atoms with E-state index in [1.165, 1.54) is 15.3 Å². The molecule has 0 aromatic carbocycles. The maximum atomic E-state index is 11.4. The number of hydrogen-bond acceptors (Lipinski definition) is 3. The van der Waals surface area contributed by atoms with Crippen molar-refractivity contribution < 1.29 is 4.79 Å². The van der Waals surface area contributed by atoms with E-state index in [0.717, 1.165) is 0 Å². The second-order valence-electron chi connectivity index (χ2n) is 3.89. The lowest BCUT2D eigenvalue weighted by Crippen LogP contribution is -2.39. The van der Waals surface area contributed by atoms with Gasteiger partial charge in [0.2, 0.25) is 5.91 Å². The summed E-state index contributed by atoms with van der Waals surface area (Å²) in [6.07, 6.45) is 0.